The van der Waals surface area contributed by atoms with Crippen LogP contribution in [-0.4, -0.2) is 5.91 Å². The van der Waals surface area contributed by atoms with Crippen molar-refractivity contribution < 1.29 is 4.79 Å². The van der Waals surface area contributed by atoms with E-state index in [0.717, 1.165) is 17.7 Å². The summed E-state index contributed by atoms with van der Waals surface area (Å²) in [5, 5.41) is 2.89. The predicted molar refractivity (Wildman–Crippen MR) is 71.4 cm³/mol. The van der Waals surface area contributed by atoms with E-state index in [1.165, 1.54) is 0 Å². The van der Waals surface area contributed by atoms with Gasteiger partial charge in [-0.25, -0.2) is 0 Å². The Labute approximate surface area is 103 Å². The number of anilines is 1. The van der Waals surface area contributed by atoms with Gasteiger partial charge in [-0.05, 0) is 23.5 Å². The third-order valence-corrected chi connectivity index (χ3v) is 2.63. The van der Waals surface area contributed by atoms with Crippen LogP contribution in [0.3, 0.4) is 0 Å². The highest BCUT2D eigenvalue weighted by atomic mass is 16.1. The summed E-state index contributed by atoms with van der Waals surface area (Å²) in [5.41, 5.74) is 7.69. The molecule has 1 amide bonds. The van der Waals surface area contributed by atoms with Crippen LogP contribution in [0.15, 0.2) is 24.3 Å². The van der Waals surface area contributed by atoms with Gasteiger partial charge in [0, 0.05) is 18.7 Å². The molecule has 1 aromatic rings. The van der Waals surface area contributed by atoms with E-state index in [0.29, 0.717) is 13.0 Å². The second kappa shape index (κ2) is 5.71. The molecule has 0 radical (unpaired) electrons. The Morgan fingerprint density at radius 2 is 1.94 bits per heavy atom. The summed E-state index contributed by atoms with van der Waals surface area (Å²) in [4.78, 5) is 11.6. The normalized spacial score (nSPS) is 11.2. The van der Waals surface area contributed by atoms with Crippen LogP contribution < -0.4 is 11.1 Å². The lowest BCUT2D eigenvalue weighted by molar-refractivity contribution is -0.121. The molecule has 94 valence electrons. The van der Waals surface area contributed by atoms with E-state index in [4.69, 9.17) is 5.73 Å². The maximum Gasteiger partial charge on any atom is 0.220 e. The Bertz CT molecular complexity index is 380. The van der Waals surface area contributed by atoms with Gasteiger partial charge in [0.2, 0.25) is 5.91 Å². The molecule has 0 aromatic heterocycles. The topological polar surface area (TPSA) is 55.1 Å². The van der Waals surface area contributed by atoms with Gasteiger partial charge in [-0.1, -0.05) is 39.0 Å². The second-order valence-electron chi connectivity index (χ2n) is 5.54. The summed E-state index contributed by atoms with van der Waals surface area (Å²) >= 11 is 0. The quantitative estimate of drug-likeness (QED) is 0.787. The zero-order chi connectivity index (χ0) is 12.9. The van der Waals surface area contributed by atoms with E-state index in [9.17, 15) is 4.79 Å². The van der Waals surface area contributed by atoms with Crippen LogP contribution in [0.2, 0.25) is 0 Å². The molecule has 1 rings (SSSR count). The highest BCUT2D eigenvalue weighted by molar-refractivity contribution is 5.76. The van der Waals surface area contributed by atoms with E-state index in [1.807, 2.05) is 24.3 Å². The van der Waals surface area contributed by atoms with Crippen molar-refractivity contribution in [3.05, 3.63) is 29.8 Å². The fourth-order valence-electron chi connectivity index (χ4n) is 1.47. The molecule has 0 atom stereocenters. The van der Waals surface area contributed by atoms with Crippen molar-refractivity contribution in [1.29, 1.82) is 0 Å². The number of carbonyl (C=O) groups excluding carboxylic acids is 1. The van der Waals surface area contributed by atoms with Crippen molar-refractivity contribution in [2.45, 2.75) is 40.2 Å². The van der Waals surface area contributed by atoms with E-state index >= 15 is 0 Å². The molecule has 0 aliphatic rings. The van der Waals surface area contributed by atoms with Gasteiger partial charge in [0.05, 0.1) is 0 Å². The summed E-state index contributed by atoms with van der Waals surface area (Å²) in [6.07, 6.45) is 1.46. The number of amides is 1. The van der Waals surface area contributed by atoms with Gasteiger partial charge in [-0.15, -0.1) is 0 Å². The van der Waals surface area contributed by atoms with Crippen LogP contribution in [0.25, 0.3) is 0 Å². The Balaban J connectivity index is 2.36. The monoisotopic (exact) mass is 234 g/mol. The summed E-state index contributed by atoms with van der Waals surface area (Å²) < 4.78 is 0. The molecule has 0 fully saturated rings. The third kappa shape index (κ3) is 5.38. The lowest BCUT2D eigenvalue weighted by Gasteiger charge is -2.17. The zero-order valence-corrected chi connectivity index (χ0v) is 10.9. The number of benzene rings is 1. The van der Waals surface area contributed by atoms with Crippen molar-refractivity contribution in [2.75, 3.05) is 5.73 Å². The van der Waals surface area contributed by atoms with Crippen molar-refractivity contribution in [3.8, 4) is 0 Å². The smallest absolute Gasteiger partial charge is 0.220 e. The highest BCUT2D eigenvalue weighted by Crippen LogP contribution is 2.20. The lowest BCUT2D eigenvalue weighted by atomic mass is 9.90. The Kier molecular flexibility index (Phi) is 4.55. The van der Waals surface area contributed by atoms with Crippen LogP contribution >= 0.6 is 0 Å². The summed E-state index contributed by atoms with van der Waals surface area (Å²) in [6, 6.07) is 7.59. The van der Waals surface area contributed by atoms with E-state index in [-0.39, 0.29) is 11.3 Å². The standard InChI is InChI=1S/C14H22N2O/c1-14(2,3)9-8-13(17)16-10-11-6-4-5-7-12(11)15/h4-7H,8-10,15H2,1-3H3,(H,16,17). The van der Waals surface area contributed by atoms with E-state index in [2.05, 4.69) is 26.1 Å². The van der Waals surface area contributed by atoms with E-state index < -0.39 is 0 Å². The summed E-state index contributed by atoms with van der Waals surface area (Å²) in [6.45, 7) is 6.91. The number of hydrogen-bond donors (Lipinski definition) is 2. The van der Waals surface area contributed by atoms with Gasteiger partial charge < -0.3 is 11.1 Å². The first-order chi connectivity index (χ1) is 7.88. The molecule has 0 spiro atoms. The van der Waals surface area contributed by atoms with Crippen molar-refractivity contribution in [2.24, 2.45) is 5.41 Å². The van der Waals surface area contributed by atoms with Crippen LogP contribution in [0.1, 0.15) is 39.2 Å². The third-order valence-electron chi connectivity index (χ3n) is 2.63. The molecule has 0 bridgehead atoms. The second-order valence-corrected chi connectivity index (χ2v) is 5.54. The zero-order valence-electron chi connectivity index (χ0n) is 10.9. The van der Waals surface area contributed by atoms with Gasteiger partial charge in [0.1, 0.15) is 0 Å². The van der Waals surface area contributed by atoms with Crippen molar-refractivity contribution in [1.82, 2.24) is 5.32 Å². The van der Waals surface area contributed by atoms with Gasteiger partial charge in [0.15, 0.2) is 0 Å². The molecule has 3 nitrogen and oxygen atoms in total. The van der Waals surface area contributed by atoms with Crippen LogP contribution in [0.5, 0.6) is 0 Å². The molecule has 0 unspecified atom stereocenters. The minimum absolute atomic E-state index is 0.0863. The fraction of sp³-hybridized carbons (Fsp3) is 0.500. The van der Waals surface area contributed by atoms with Crippen LogP contribution in [0.4, 0.5) is 5.69 Å². The first-order valence-electron chi connectivity index (χ1n) is 5.98. The molecule has 0 aliphatic carbocycles. The molecule has 0 saturated carbocycles. The first-order valence-corrected chi connectivity index (χ1v) is 5.98. The largest absolute Gasteiger partial charge is 0.398 e. The predicted octanol–water partition coefficient (Wildman–Crippen LogP) is 2.71. The number of rotatable bonds is 4. The minimum atomic E-state index is 0.0863. The summed E-state index contributed by atoms with van der Waals surface area (Å²) in [5.74, 6) is 0.0863. The SMILES string of the molecule is CC(C)(C)CCC(=O)NCc1ccccc1N. The maximum atomic E-state index is 11.6. The van der Waals surface area contributed by atoms with Gasteiger partial charge in [-0.2, -0.15) is 0 Å². The molecule has 3 heteroatoms. The Hall–Kier alpha value is -1.51. The number of para-hydroxylation sites is 1. The Morgan fingerprint density at radius 1 is 1.29 bits per heavy atom. The van der Waals surface area contributed by atoms with Gasteiger partial charge in [0.25, 0.3) is 0 Å². The van der Waals surface area contributed by atoms with Gasteiger partial charge >= 0.3 is 0 Å². The highest BCUT2D eigenvalue weighted by Gasteiger charge is 2.12. The molecular weight excluding hydrogens is 212 g/mol. The Morgan fingerprint density at radius 3 is 2.53 bits per heavy atom. The van der Waals surface area contributed by atoms with Gasteiger partial charge in [-0.3, -0.25) is 4.79 Å². The van der Waals surface area contributed by atoms with Crippen LogP contribution in [0, 0.1) is 5.41 Å². The molecule has 3 N–H and O–H groups in total. The fourth-order valence-corrected chi connectivity index (χ4v) is 1.47. The lowest BCUT2D eigenvalue weighted by Crippen LogP contribution is -2.24. The number of hydrogen-bond acceptors (Lipinski definition) is 2. The summed E-state index contributed by atoms with van der Waals surface area (Å²) in [7, 11) is 0. The average Bonchev–Trinajstić information content (AvgIpc) is 2.24. The number of nitrogen functional groups attached to an aromatic ring is 1. The maximum absolute atomic E-state index is 11.6. The van der Waals surface area contributed by atoms with E-state index in [1.54, 1.807) is 0 Å². The number of nitrogens with one attached hydrogen (secondary N) is 1. The first kappa shape index (κ1) is 13.6. The number of nitrogens with two attached hydrogens (primary N) is 1. The molecular formula is C14H22N2O. The van der Waals surface area contributed by atoms with Crippen LogP contribution in [-0.2, 0) is 11.3 Å². The molecule has 1 aromatic carbocycles. The molecule has 17 heavy (non-hydrogen) atoms. The molecule has 0 aliphatic heterocycles. The average molecular weight is 234 g/mol. The number of carbonyl (C=O) groups is 1. The minimum Gasteiger partial charge on any atom is -0.398 e. The molecule has 0 heterocycles. The van der Waals surface area contributed by atoms with Crippen molar-refractivity contribution in [3.63, 3.8) is 0 Å². The molecule has 0 saturated heterocycles. The van der Waals surface area contributed by atoms with Crippen molar-refractivity contribution >= 4 is 11.6 Å².